The van der Waals surface area contributed by atoms with E-state index < -0.39 is 21.6 Å². The Labute approximate surface area is 149 Å². The Hall–Kier alpha value is -2.64. The summed E-state index contributed by atoms with van der Waals surface area (Å²) < 4.78 is 26.5. The standard InChI is InChI=1S/C17H13ClN2O4S/c1-12-3-2-4-13(11-12)16(21)19-9-10-20(17(19)22)25(23,24)15-7-5-14(18)6-8-15/h2-11H,1H3. The third kappa shape index (κ3) is 3.16. The molecule has 0 spiro atoms. The molecule has 0 aliphatic heterocycles. The lowest BCUT2D eigenvalue weighted by atomic mass is 10.1. The van der Waals surface area contributed by atoms with Gasteiger partial charge in [0.15, 0.2) is 0 Å². The molecule has 25 heavy (non-hydrogen) atoms. The van der Waals surface area contributed by atoms with Crippen LogP contribution in [0.5, 0.6) is 0 Å². The summed E-state index contributed by atoms with van der Waals surface area (Å²) in [6.07, 6.45) is 2.19. The van der Waals surface area contributed by atoms with Crippen molar-refractivity contribution in [2.24, 2.45) is 0 Å². The molecule has 0 N–H and O–H groups in total. The highest BCUT2D eigenvalue weighted by Crippen LogP contribution is 2.16. The highest BCUT2D eigenvalue weighted by atomic mass is 35.5. The van der Waals surface area contributed by atoms with Gasteiger partial charge in [0.05, 0.1) is 4.90 Å². The maximum Gasteiger partial charge on any atom is 0.349 e. The molecule has 3 aromatic rings. The highest BCUT2D eigenvalue weighted by Gasteiger charge is 2.22. The van der Waals surface area contributed by atoms with Crippen LogP contribution in [0, 0.1) is 6.92 Å². The van der Waals surface area contributed by atoms with E-state index >= 15 is 0 Å². The van der Waals surface area contributed by atoms with Gasteiger partial charge in [0, 0.05) is 23.0 Å². The van der Waals surface area contributed by atoms with Gasteiger partial charge in [-0.2, -0.15) is 3.97 Å². The third-order valence-electron chi connectivity index (χ3n) is 3.60. The summed E-state index contributed by atoms with van der Waals surface area (Å²) >= 11 is 5.75. The number of hydrogen-bond acceptors (Lipinski definition) is 4. The van der Waals surface area contributed by atoms with Crippen molar-refractivity contribution in [2.45, 2.75) is 11.8 Å². The molecular weight excluding hydrogens is 364 g/mol. The fourth-order valence-electron chi connectivity index (χ4n) is 2.34. The van der Waals surface area contributed by atoms with Gasteiger partial charge in [0.2, 0.25) is 0 Å². The normalized spacial score (nSPS) is 11.4. The van der Waals surface area contributed by atoms with Gasteiger partial charge in [0.25, 0.3) is 15.9 Å². The van der Waals surface area contributed by atoms with E-state index in [4.69, 9.17) is 11.6 Å². The molecule has 0 aliphatic carbocycles. The summed E-state index contributed by atoms with van der Waals surface area (Å²) in [5.41, 5.74) is 0.192. The minimum absolute atomic E-state index is 0.0974. The van der Waals surface area contributed by atoms with Crippen molar-refractivity contribution < 1.29 is 13.2 Å². The van der Waals surface area contributed by atoms with E-state index in [-0.39, 0.29) is 4.90 Å². The Kier molecular flexibility index (Phi) is 4.36. The van der Waals surface area contributed by atoms with Crippen LogP contribution in [0.25, 0.3) is 0 Å². The number of imidazole rings is 1. The van der Waals surface area contributed by atoms with Gasteiger partial charge in [-0.1, -0.05) is 29.3 Å². The number of aromatic nitrogens is 2. The van der Waals surface area contributed by atoms with E-state index in [0.29, 0.717) is 14.6 Å². The number of carbonyl (C=O) groups excluding carboxylic acids is 1. The Bertz CT molecular complexity index is 1110. The molecule has 0 amide bonds. The first kappa shape index (κ1) is 17.2. The van der Waals surface area contributed by atoms with Crippen molar-refractivity contribution in [2.75, 3.05) is 0 Å². The average Bonchev–Trinajstić information content (AvgIpc) is 2.97. The van der Waals surface area contributed by atoms with Crippen LogP contribution in [0.3, 0.4) is 0 Å². The van der Waals surface area contributed by atoms with Crippen molar-refractivity contribution >= 4 is 27.5 Å². The second-order valence-electron chi connectivity index (χ2n) is 5.38. The quantitative estimate of drug-likeness (QED) is 0.703. The summed E-state index contributed by atoms with van der Waals surface area (Å²) in [7, 11) is -4.12. The predicted molar refractivity (Wildman–Crippen MR) is 93.6 cm³/mol. The zero-order chi connectivity index (χ0) is 18.2. The topological polar surface area (TPSA) is 78.1 Å². The smallest absolute Gasteiger partial charge is 0.268 e. The lowest BCUT2D eigenvalue weighted by Crippen LogP contribution is -2.32. The molecular formula is C17H13ClN2O4S. The van der Waals surface area contributed by atoms with E-state index in [0.717, 1.165) is 22.5 Å². The molecule has 1 aromatic heterocycles. The fourth-order valence-corrected chi connectivity index (χ4v) is 3.68. The molecule has 0 aliphatic rings. The van der Waals surface area contributed by atoms with Gasteiger partial charge in [-0.05, 0) is 43.3 Å². The Morgan fingerprint density at radius 1 is 1.04 bits per heavy atom. The van der Waals surface area contributed by atoms with Gasteiger partial charge < -0.3 is 0 Å². The van der Waals surface area contributed by atoms with Crippen molar-refractivity contribution in [3.8, 4) is 0 Å². The number of benzene rings is 2. The van der Waals surface area contributed by atoms with Crippen LogP contribution in [0.2, 0.25) is 5.02 Å². The summed E-state index contributed by atoms with van der Waals surface area (Å²) in [5.74, 6) is -0.598. The van der Waals surface area contributed by atoms with Crippen molar-refractivity contribution in [1.29, 1.82) is 0 Å². The predicted octanol–water partition coefficient (Wildman–Crippen LogP) is 2.54. The van der Waals surface area contributed by atoms with E-state index in [9.17, 15) is 18.0 Å². The zero-order valence-corrected chi connectivity index (χ0v) is 14.7. The molecule has 3 rings (SSSR count). The molecule has 6 nitrogen and oxygen atoms in total. The number of aryl methyl sites for hydroxylation is 1. The molecule has 0 radical (unpaired) electrons. The minimum Gasteiger partial charge on any atom is -0.268 e. The molecule has 0 bridgehead atoms. The van der Waals surface area contributed by atoms with Gasteiger partial charge >= 0.3 is 5.69 Å². The van der Waals surface area contributed by atoms with Crippen LogP contribution >= 0.6 is 11.6 Å². The first-order chi connectivity index (χ1) is 11.8. The largest absolute Gasteiger partial charge is 0.349 e. The number of carbonyl (C=O) groups is 1. The minimum atomic E-state index is -4.12. The van der Waals surface area contributed by atoms with E-state index in [2.05, 4.69) is 0 Å². The fraction of sp³-hybridized carbons (Fsp3) is 0.0588. The maximum atomic E-state index is 12.6. The summed E-state index contributed by atoms with van der Waals surface area (Å²) in [6.45, 7) is 1.82. The van der Waals surface area contributed by atoms with Gasteiger partial charge in [-0.15, -0.1) is 0 Å². The Morgan fingerprint density at radius 2 is 1.72 bits per heavy atom. The highest BCUT2D eigenvalue weighted by molar-refractivity contribution is 7.90. The zero-order valence-electron chi connectivity index (χ0n) is 13.1. The first-order valence-electron chi connectivity index (χ1n) is 7.23. The second-order valence-corrected chi connectivity index (χ2v) is 7.63. The molecule has 0 atom stereocenters. The van der Waals surface area contributed by atoms with Crippen LogP contribution in [0.15, 0.2) is 70.6 Å². The monoisotopic (exact) mass is 376 g/mol. The Morgan fingerprint density at radius 3 is 2.36 bits per heavy atom. The number of hydrogen-bond donors (Lipinski definition) is 0. The molecule has 2 aromatic carbocycles. The molecule has 1 heterocycles. The van der Waals surface area contributed by atoms with Gasteiger partial charge in [-0.25, -0.2) is 17.8 Å². The SMILES string of the molecule is Cc1cccc(C(=O)n2ccn(S(=O)(=O)c3ccc(Cl)cc3)c2=O)c1. The summed E-state index contributed by atoms with van der Waals surface area (Å²) in [5, 5.41) is 0.374. The van der Waals surface area contributed by atoms with Gasteiger partial charge in [0.1, 0.15) is 0 Å². The number of rotatable bonds is 3. The Balaban J connectivity index is 2.06. The van der Waals surface area contributed by atoms with Crippen molar-refractivity contribution in [1.82, 2.24) is 8.54 Å². The first-order valence-corrected chi connectivity index (χ1v) is 9.05. The van der Waals surface area contributed by atoms with Gasteiger partial charge in [-0.3, -0.25) is 4.79 Å². The number of nitrogens with zero attached hydrogens (tertiary/aromatic N) is 2. The van der Waals surface area contributed by atoms with E-state index in [1.165, 1.54) is 24.3 Å². The maximum absolute atomic E-state index is 12.6. The average molecular weight is 377 g/mol. The lowest BCUT2D eigenvalue weighted by molar-refractivity contribution is 0.0956. The molecule has 0 saturated carbocycles. The van der Waals surface area contributed by atoms with E-state index in [1.807, 2.05) is 13.0 Å². The molecule has 0 fully saturated rings. The van der Waals surface area contributed by atoms with Crippen molar-refractivity contribution in [3.63, 3.8) is 0 Å². The van der Waals surface area contributed by atoms with Crippen LogP contribution in [-0.4, -0.2) is 22.9 Å². The third-order valence-corrected chi connectivity index (χ3v) is 5.52. The molecule has 0 unspecified atom stereocenters. The summed E-state index contributed by atoms with van der Waals surface area (Å²) in [4.78, 5) is 24.8. The van der Waals surface area contributed by atoms with Crippen LogP contribution < -0.4 is 5.69 Å². The van der Waals surface area contributed by atoms with Crippen LogP contribution in [-0.2, 0) is 10.0 Å². The van der Waals surface area contributed by atoms with E-state index in [1.54, 1.807) is 18.2 Å². The molecule has 8 heteroatoms. The summed E-state index contributed by atoms with van der Waals surface area (Å²) in [6, 6.07) is 12.1. The lowest BCUT2D eigenvalue weighted by Gasteiger charge is -2.05. The van der Waals surface area contributed by atoms with Crippen LogP contribution in [0.4, 0.5) is 0 Å². The number of halogens is 1. The molecule has 128 valence electrons. The van der Waals surface area contributed by atoms with Crippen LogP contribution in [0.1, 0.15) is 15.9 Å². The van der Waals surface area contributed by atoms with Crippen molar-refractivity contribution in [3.05, 3.63) is 87.6 Å². The second kappa shape index (κ2) is 6.34. The molecule has 0 saturated heterocycles.